The van der Waals surface area contributed by atoms with Gasteiger partial charge in [-0.2, -0.15) is 0 Å². The number of aromatic hydroxyl groups is 1. The van der Waals surface area contributed by atoms with Crippen molar-refractivity contribution in [2.24, 2.45) is 23.5 Å². The Hall–Kier alpha value is -3.28. The summed E-state index contributed by atoms with van der Waals surface area (Å²) in [5, 5.41) is 44.0. The first-order valence-electron chi connectivity index (χ1n) is 10.8. The summed E-state index contributed by atoms with van der Waals surface area (Å²) in [5.74, 6) is -8.82. The van der Waals surface area contributed by atoms with Gasteiger partial charge in [-0.05, 0) is 51.4 Å². The van der Waals surface area contributed by atoms with Crippen LogP contribution >= 0.6 is 0 Å². The lowest BCUT2D eigenvalue weighted by Crippen LogP contribution is -2.73. The van der Waals surface area contributed by atoms with Crippen molar-refractivity contribution in [1.82, 2.24) is 4.90 Å². The Morgan fingerprint density at radius 1 is 1.21 bits per heavy atom. The number of phenols is 1. The van der Waals surface area contributed by atoms with Gasteiger partial charge in [0.25, 0.3) is 0 Å². The van der Waals surface area contributed by atoms with Crippen LogP contribution in [0, 0.1) is 17.8 Å². The van der Waals surface area contributed by atoms with E-state index >= 15 is 0 Å². The second-order valence-electron chi connectivity index (χ2n) is 9.56. The standard InChI is InChI=1S/C23H27N3O8/c1-7(27)9-6-12(24)17(28)14-10(9)4-8-5-11-16(26(2)3)19(30)15(22(25)33)21(32)23(11,34)20(31)13(8)18(14)29/h6,8,11,15-16,19,28-30,34H,4-5,24H2,1-3H3,(H2,25,33)/t8-,11-,15?,16-,19?,23-/m1/s1. The van der Waals surface area contributed by atoms with E-state index in [0.29, 0.717) is 5.56 Å². The molecule has 0 aromatic heterocycles. The van der Waals surface area contributed by atoms with Crippen LogP contribution in [0.5, 0.6) is 5.75 Å². The number of nitrogen functional groups attached to an aromatic ring is 1. The van der Waals surface area contributed by atoms with Gasteiger partial charge < -0.3 is 36.8 Å². The second kappa shape index (κ2) is 7.62. The van der Waals surface area contributed by atoms with E-state index in [0.717, 1.165) is 0 Å². The minimum absolute atomic E-state index is 0.0271. The predicted molar refractivity (Wildman–Crippen MR) is 119 cm³/mol. The first kappa shape index (κ1) is 23.9. The van der Waals surface area contributed by atoms with E-state index in [1.807, 2.05) is 0 Å². The number of nitrogens with zero attached hydrogens (tertiary/aromatic N) is 1. The molecule has 1 amide bonds. The average Bonchev–Trinajstić information content (AvgIpc) is 2.72. The molecule has 34 heavy (non-hydrogen) atoms. The Kier molecular flexibility index (Phi) is 5.35. The number of ketones is 3. The molecule has 0 saturated heterocycles. The van der Waals surface area contributed by atoms with Gasteiger partial charge in [-0.15, -0.1) is 0 Å². The molecule has 0 aliphatic heterocycles. The molecule has 8 N–H and O–H groups in total. The van der Waals surface area contributed by atoms with Gasteiger partial charge >= 0.3 is 0 Å². The van der Waals surface area contributed by atoms with Gasteiger partial charge in [-0.3, -0.25) is 19.2 Å². The van der Waals surface area contributed by atoms with Gasteiger partial charge in [-0.1, -0.05) is 0 Å². The molecule has 0 spiro atoms. The molecule has 11 nitrogen and oxygen atoms in total. The Labute approximate surface area is 194 Å². The van der Waals surface area contributed by atoms with Gasteiger partial charge in [0.1, 0.15) is 17.4 Å². The Bertz CT molecular complexity index is 1190. The number of aliphatic hydroxyl groups is 3. The molecular weight excluding hydrogens is 446 g/mol. The van der Waals surface area contributed by atoms with E-state index in [1.165, 1.54) is 17.9 Å². The summed E-state index contributed by atoms with van der Waals surface area (Å²) < 4.78 is 0. The van der Waals surface area contributed by atoms with E-state index in [1.54, 1.807) is 14.1 Å². The van der Waals surface area contributed by atoms with Crippen molar-refractivity contribution in [2.45, 2.75) is 37.5 Å². The molecule has 0 bridgehead atoms. The van der Waals surface area contributed by atoms with Gasteiger partial charge in [0.05, 0.1) is 17.4 Å². The Balaban J connectivity index is 1.97. The van der Waals surface area contributed by atoms with E-state index in [4.69, 9.17) is 11.5 Å². The third-order valence-corrected chi connectivity index (χ3v) is 7.50. The van der Waals surface area contributed by atoms with Crippen LogP contribution in [-0.4, -0.2) is 80.4 Å². The Morgan fingerprint density at radius 2 is 1.82 bits per heavy atom. The zero-order valence-corrected chi connectivity index (χ0v) is 18.9. The largest absolute Gasteiger partial charge is 0.507 e. The van der Waals surface area contributed by atoms with Crippen LogP contribution in [0.2, 0.25) is 0 Å². The van der Waals surface area contributed by atoms with E-state index in [9.17, 15) is 39.6 Å². The summed E-state index contributed by atoms with van der Waals surface area (Å²) in [6.45, 7) is 1.30. The molecule has 2 saturated carbocycles. The maximum Gasteiger partial charge on any atom is 0.230 e. The maximum absolute atomic E-state index is 13.7. The fourth-order valence-electron chi connectivity index (χ4n) is 6.01. The summed E-state index contributed by atoms with van der Waals surface area (Å²) in [6, 6.07) is 0.310. The summed E-state index contributed by atoms with van der Waals surface area (Å²) in [6.07, 6.45) is -1.55. The summed E-state index contributed by atoms with van der Waals surface area (Å²) in [4.78, 5) is 52.7. The van der Waals surface area contributed by atoms with Crippen molar-refractivity contribution in [3.8, 4) is 5.75 Å². The van der Waals surface area contributed by atoms with Crippen molar-refractivity contribution >= 4 is 34.7 Å². The highest BCUT2D eigenvalue weighted by Crippen LogP contribution is 2.53. The van der Waals surface area contributed by atoms with Crippen molar-refractivity contribution in [3.63, 3.8) is 0 Å². The molecule has 0 heterocycles. The number of primary amides is 1. The smallest absolute Gasteiger partial charge is 0.230 e. The van der Waals surface area contributed by atoms with Crippen LogP contribution in [-0.2, 0) is 20.8 Å². The van der Waals surface area contributed by atoms with Crippen LogP contribution < -0.4 is 11.5 Å². The van der Waals surface area contributed by atoms with Gasteiger partial charge in [0.15, 0.2) is 17.2 Å². The van der Waals surface area contributed by atoms with Gasteiger partial charge in [0.2, 0.25) is 11.7 Å². The number of likely N-dealkylation sites (N-methyl/N-ethyl adjacent to an activating group) is 1. The number of rotatable bonds is 3. The van der Waals surface area contributed by atoms with E-state index in [-0.39, 0.29) is 41.0 Å². The molecule has 1 aromatic carbocycles. The fraction of sp³-hybridized carbons (Fsp3) is 0.478. The first-order valence-corrected chi connectivity index (χ1v) is 10.8. The lowest BCUT2D eigenvalue weighted by molar-refractivity contribution is -0.184. The molecule has 6 atom stereocenters. The number of nitrogens with two attached hydrogens (primary N) is 2. The molecule has 3 aliphatic rings. The SMILES string of the molecule is CC(=O)c1cc(N)c(O)c2c1C[C@@H]1C[C@@H]3[C@@H](N(C)C)C(O)C(C(N)=O)C(=O)[C@]3(O)C(=O)C1=C2O. The number of benzene rings is 1. The van der Waals surface area contributed by atoms with Crippen LogP contribution in [0.15, 0.2) is 11.6 Å². The lowest BCUT2D eigenvalue weighted by atomic mass is 9.54. The monoisotopic (exact) mass is 473 g/mol. The topological polar surface area (TPSA) is 204 Å². The van der Waals surface area contributed by atoms with Crippen molar-refractivity contribution in [1.29, 1.82) is 0 Å². The number of amides is 1. The average molecular weight is 473 g/mol. The number of aliphatic hydroxyl groups excluding tert-OH is 2. The van der Waals surface area contributed by atoms with Gasteiger partial charge in [0, 0.05) is 23.1 Å². The number of carbonyl (C=O) groups excluding carboxylic acids is 4. The highest BCUT2D eigenvalue weighted by atomic mass is 16.3. The molecule has 0 radical (unpaired) electrons. The zero-order valence-electron chi connectivity index (χ0n) is 18.9. The van der Waals surface area contributed by atoms with Crippen LogP contribution in [0.3, 0.4) is 0 Å². The molecule has 2 unspecified atom stereocenters. The van der Waals surface area contributed by atoms with Gasteiger partial charge in [-0.25, -0.2) is 0 Å². The molecule has 1 aromatic rings. The number of fused-ring (bicyclic) bond motifs is 3. The molecule has 182 valence electrons. The van der Waals surface area contributed by atoms with Crippen molar-refractivity contribution < 1.29 is 39.6 Å². The summed E-state index contributed by atoms with van der Waals surface area (Å²) in [5.41, 5.74) is 8.19. The van der Waals surface area contributed by atoms with Crippen LogP contribution in [0.1, 0.15) is 34.8 Å². The molecule has 4 rings (SSSR count). The number of anilines is 1. The molecule has 2 fully saturated rings. The third kappa shape index (κ3) is 2.93. The quantitative estimate of drug-likeness (QED) is 0.135. The number of hydrogen-bond acceptors (Lipinski definition) is 10. The maximum atomic E-state index is 13.7. The van der Waals surface area contributed by atoms with Crippen LogP contribution in [0.25, 0.3) is 5.76 Å². The minimum atomic E-state index is -2.73. The van der Waals surface area contributed by atoms with E-state index in [2.05, 4.69) is 0 Å². The van der Waals surface area contributed by atoms with Crippen molar-refractivity contribution in [2.75, 3.05) is 19.8 Å². The Morgan fingerprint density at radius 3 is 2.35 bits per heavy atom. The zero-order chi connectivity index (χ0) is 25.4. The normalized spacial score (nSPS) is 32.8. The number of hydrogen-bond donors (Lipinski definition) is 6. The summed E-state index contributed by atoms with van der Waals surface area (Å²) in [7, 11) is 3.14. The molecule has 3 aliphatic carbocycles. The van der Waals surface area contributed by atoms with Crippen molar-refractivity contribution in [3.05, 3.63) is 28.3 Å². The first-order chi connectivity index (χ1) is 15.7. The summed E-state index contributed by atoms with van der Waals surface area (Å²) >= 11 is 0. The second-order valence-corrected chi connectivity index (χ2v) is 9.56. The molecular formula is C23H27N3O8. The number of Topliss-reactive ketones (excluding diaryl/α,β-unsaturated/α-hetero) is 3. The highest BCUT2D eigenvalue weighted by Gasteiger charge is 2.67. The van der Waals surface area contributed by atoms with E-state index < -0.39 is 64.5 Å². The number of phenolic OH excluding ortho intramolecular Hbond substituents is 1. The predicted octanol–water partition coefficient (Wildman–Crippen LogP) is -1.09. The van der Waals surface area contributed by atoms with Crippen LogP contribution in [0.4, 0.5) is 5.69 Å². The number of carbonyl (C=O) groups is 4. The fourth-order valence-corrected chi connectivity index (χ4v) is 6.01. The minimum Gasteiger partial charge on any atom is -0.507 e. The lowest BCUT2D eigenvalue weighted by Gasteiger charge is -2.53. The highest BCUT2D eigenvalue weighted by molar-refractivity contribution is 6.25. The third-order valence-electron chi connectivity index (χ3n) is 7.50. The molecule has 11 heteroatoms.